The molecule has 9 heteroatoms. The summed E-state index contributed by atoms with van der Waals surface area (Å²) in [6.07, 6.45) is 0. The summed E-state index contributed by atoms with van der Waals surface area (Å²) in [5, 5.41) is 15.2. The maximum atomic E-state index is 5.46. The summed E-state index contributed by atoms with van der Waals surface area (Å²) in [4.78, 5) is 4.07. The second-order valence-electron chi connectivity index (χ2n) is 6.31. The predicted octanol–water partition coefficient (Wildman–Crippen LogP) is 4.03. The molecule has 0 saturated carbocycles. The summed E-state index contributed by atoms with van der Waals surface area (Å²) in [7, 11) is 4.76. The van der Waals surface area contributed by atoms with Gasteiger partial charge in [0, 0.05) is 16.5 Å². The summed E-state index contributed by atoms with van der Waals surface area (Å²) in [5.41, 5.74) is 2.75. The molecular weight excluding hydrogens is 390 g/mol. The fourth-order valence-electron chi connectivity index (χ4n) is 3.30. The fourth-order valence-corrected chi connectivity index (χ4v) is 4.13. The SMILES string of the molecule is COc1cc(-c2nn3c(-c4cc5ccccc5[nH]4)nnc3s2)cc(OC)c1OC. The molecule has 0 bridgehead atoms. The summed E-state index contributed by atoms with van der Waals surface area (Å²) >= 11 is 1.44. The summed E-state index contributed by atoms with van der Waals surface area (Å²) in [5.74, 6) is 2.35. The van der Waals surface area contributed by atoms with Gasteiger partial charge in [-0.3, -0.25) is 0 Å². The molecule has 2 aromatic carbocycles. The molecule has 0 spiro atoms. The Morgan fingerprint density at radius 3 is 2.38 bits per heavy atom. The Balaban J connectivity index is 1.63. The van der Waals surface area contributed by atoms with Crippen LogP contribution in [-0.4, -0.2) is 46.1 Å². The smallest absolute Gasteiger partial charge is 0.235 e. The normalized spacial score (nSPS) is 11.3. The van der Waals surface area contributed by atoms with E-state index in [0.29, 0.717) is 28.0 Å². The van der Waals surface area contributed by atoms with E-state index >= 15 is 0 Å². The standard InChI is InChI=1S/C20H17N5O3S/c1-26-15-9-12(10-16(27-2)17(15)28-3)19-24-25-18(22-23-20(25)29-19)14-8-11-6-4-5-7-13(11)21-14/h4-10,21H,1-3H3. The average Bonchev–Trinajstić information content (AvgIpc) is 3.45. The second kappa shape index (κ2) is 6.78. The minimum Gasteiger partial charge on any atom is -0.493 e. The van der Waals surface area contributed by atoms with Crippen molar-refractivity contribution in [2.45, 2.75) is 0 Å². The van der Waals surface area contributed by atoms with Gasteiger partial charge < -0.3 is 19.2 Å². The molecule has 0 atom stereocenters. The number of nitrogens with one attached hydrogen (secondary N) is 1. The second-order valence-corrected chi connectivity index (χ2v) is 7.27. The largest absolute Gasteiger partial charge is 0.493 e. The van der Waals surface area contributed by atoms with Crippen molar-refractivity contribution in [3.63, 3.8) is 0 Å². The lowest BCUT2D eigenvalue weighted by molar-refractivity contribution is 0.324. The third kappa shape index (κ3) is 2.78. The number of hydrogen-bond donors (Lipinski definition) is 1. The maximum Gasteiger partial charge on any atom is 0.235 e. The minimum absolute atomic E-state index is 0.542. The van der Waals surface area contributed by atoms with E-state index in [0.717, 1.165) is 27.2 Å². The van der Waals surface area contributed by atoms with Crippen molar-refractivity contribution in [3.05, 3.63) is 42.5 Å². The zero-order valence-corrected chi connectivity index (χ0v) is 16.8. The van der Waals surface area contributed by atoms with Crippen LogP contribution in [0.5, 0.6) is 17.2 Å². The lowest BCUT2D eigenvalue weighted by atomic mass is 10.2. The van der Waals surface area contributed by atoms with Gasteiger partial charge >= 0.3 is 0 Å². The molecule has 1 N–H and O–H groups in total. The predicted molar refractivity (Wildman–Crippen MR) is 111 cm³/mol. The maximum absolute atomic E-state index is 5.46. The van der Waals surface area contributed by atoms with Gasteiger partial charge in [-0.1, -0.05) is 29.5 Å². The topological polar surface area (TPSA) is 86.6 Å². The summed E-state index contributed by atoms with van der Waals surface area (Å²) in [6, 6.07) is 13.9. The molecule has 0 radical (unpaired) electrons. The third-order valence-electron chi connectivity index (χ3n) is 4.67. The molecule has 8 nitrogen and oxygen atoms in total. The molecule has 5 aromatic rings. The molecule has 3 heterocycles. The van der Waals surface area contributed by atoms with Crippen LogP contribution in [0, 0.1) is 0 Å². The van der Waals surface area contributed by atoms with Gasteiger partial charge in [-0.2, -0.15) is 9.61 Å². The van der Waals surface area contributed by atoms with Crippen molar-refractivity contribution in [2.24, 2.45) is 0 Å². The number of aromatic nitrogens is 5. The molecule has 0 saturated heterocycles. The Morgan fingerprint density at radius 1 is 0.931 bits per heavy atom. The number of aromatic amines is 1. The van der Waals surface area contributed by atoms with Gasteiger partial charge in [0.1, 0.15) is 5.01 Å². The minimum atomic E-state index is 0.542. The zero-order valence-electron chi connectivity index (χ0n) is 16.0. The molecule has 29 heavy (non-hydrogen) atoms. The van der Waals surface area contributed by atoms with Crippen LogP contribution in [0.2, 0.25) is 0 Å². The molecule has 3 aromatic heterocycles. The van der Waals surface area contributed by atoms with Gasteiger partial charge in [0.2, 0.25) is 16.5 Å². The first kappa shape index (κ1) is 17.5. The number of methoxy groups -OCH3 is 3. The number of ether oxygens (including phenoxy) is 3. The molecule has 0 aliphatic rings. The Hall–Kier alpha value is -3.59. The number of fused-ring (bicyclic) bond motifs is 2. The van der Waals surface area contributed by atoms with Crippen molar-refractivity contribution in [1.29, 1.82) is 0 Å². The highest BCUT2D eigenvalue weighted by Crippen LogP contribution is 2.42. The van der Waals surface area contributed by atoms with Gasteiger partial charge in [-0.05, 0) is 24.3 Å². The molecule has 0 amide bonds. The molecule has 5 rings (SSSR count). The van der Waals surface area contributed by atoms with Crippen molar-refractivity contribution in [2.75, 3.05) is 21.3 Å². The van der Waals surface area contributed by atoms with E-state index in [1.807, 2.05) is 36.4 Å². The number of benzene rings is 2. The highest BCUT2D eigenvalue weighted by atomic mass is 32.1. The van der Waals surface area contributed by atoms with Gasteiger partial charge in [-0.25, -0.2) is 0 Å². The van der Waals surface area contributed by atoms with Gasteiger partial charge in [0.15, 0.2) is 11.5 Å². The first-order chi connectivity index (χ1) is 14.2. The van der Waals surface area contributed by atoms with Gasteiger partial charge in [0.05, 0.1) is 27.0 Å². The third-order valence-corrected chi connectivity index (χ3v) is 5.62. The number of hydrogen-bond acceptors (Lipinski definition) is 7. The Bertz CT molecular complexity index is 1280. The molecule has 0 unspecified atom stereocenters. The van der Waals surface area contributed by atoms with Crippen LogP contribution in [0.1, 0.15) is 0 Å². The van der Waals surface area contributed by atoms with Crippen LogP contribution < -0.4 is 14.2 Å². The van der Waals surface area contributed by atoms with Crippen LogP contribution in [0.3, 0.4) is 0 Å². The highest BCUT2D eigenvalue weighted by Gasteiger charge is 2.19. The van der Waals surface area contributed by atoms with E-state index in [-0.39, 0.29) is 0 Å². The molecular formula is C20H17N5O3S. The quantitative estimate of drug-likeness (QED) is 0.473. The Labute approximate surface area is 169 Å². The van der Waals surface area contributed by atoms with E-state index < -0.39 is 0 Å². The molecule has 0 aliphatic heterocycles. The van der Waals surface area contributed by atoms with Gasteiger partial charge in [0.25, 0.3) is 0 Å². The lowest BCUT2D eigenvalue weighted by Gasteiger charge is -2.13. The first-order valence-corrected chi connectivity index (χ1v) is 9.64. The van der Waals surface area contributed by atoms with E-state index in [4.69, 9.17) is 19.3 Å². The van der Waals surface area contributed by atoms with Crippen molar-refractivity contribution >= 4 is 27.2 Å². The Kier molecular flexibility index (Phi) is 4.09. The number of rotatable bonds is 5. The number of H-pyrrole nitrogens is 1. The Morgan fingerprint density at radius 2 is 1.69 bits per heavy atom. The highest BCUT2D eigenvalue weighted by molar-refractivity contribution is 7.19. The van der Waals surface area contributed by atoms with Gasteiger partial charge in [-0.15, -0.1) is 10.2 Å². The number of para-hydroxylation sites is 1. The molecule has 146 valence electrons. The van der Waals surface area contributed by atoms with Crippen LogP contribution in [0.4, 0.5) is 0 Å². The lowest BCUT2D eigenvalue weighted by Crippen LogP contribution is -1.96. The summed E-state index contributed by atoms with van der Waals surface area (Å²) in [6.45, 7) is 0. The van der Waals surface area contributed by atoms with Crippen molar-refractivity contribution < 1.29 is 14.2 Å². The van der Waals surface area contributed by atoms with Crippen LogP contribution in [-0.2, 0) is 0 Å². The molecule has 0 aliphatic carbocycles. The fraction of sp³-hybridized carbons (Fsp3) is 0.150. The van der Waals surface area contributed by atoms with Crippen molar-refractivity contribution in [3.8, 4) is 39.3 Å². The average molecular weight is 407 g/mol. The first-order valence-electron chi connectivity index (χ1n) is 8.82. The van der Waals surface area contributed by atoms with E-state index in [2.05, 4.69) is 21.2 Å². The van der Waals surface area contributed by atoms with Crippen molar-refractivity contribution in [1.82, 2.24) is 24.8 Å². The van der Waals surface area contributed by atoms with E-state index in [1.165, 1.54) is 11.3 Å². The zero-order chi connectivity index (χ0) is 20.0. The van der Waals surface area contributed by atoms with E-state index in [1.54, 1.807) is 25.8 Å². The number of nitrogens with zero attached hydrogens (tertiary/aromatic N) is 4. The van der Waals surface area contributed by atoms with Crippen LogP contribution in [0.15, 0.2) is 42.5 Å². The van der Waals surface area contributed by atoms with E-state index in [9.17, 15) is 0 Å². The van der Waals surface area contributed by atoms with Crippen LogP contribution >= 0.6 is 11.3 Å². The van der Waals surface area contributed by atoms with Crippen LogP contribution in [0.25, 0.3) is 38.0 Å². The molecule has 0 fully saturated rings. The summed E-state index contributed by atoms with van der Waals surface area (Å²) < 4.78 is 18.1. The monoisotopic (exact) mass is 407 g/mol.